The van der Waals surface area contributed by atoms with Gasteiger partial charge in [-0.05, 0) is 12.8 Å². The number of carbonyl (C=O) groups excluding carboxylic acids is 1. The van der Waals surface area contributed by atoms with Crippen molar-refractivity contribution in [1.82, 2.24) is 20.1 Å². The van der Waals surface area contributed by atoms with E-state index in [4.69, 9.17) is 5.11 Å². The van der Waals surface area contributed by atoms with E-state index in [1.165, 1.54) is 11.0 Å². The van der Waals surface area contributed by atoms with Crippen molar-refractivity contribution in [2.24, 2.45) is 12.5 Å². The van der Waals surface area contributed by atoms with Crippen LogP contribution in [0.4, 0.5) is 10.7 Å². The fraction of sp³-hybridized carbons (Fsp3) is 0.556. The molecular formula is C9H13N5O3. The van der Waals surface area contributed by atoms with Crippen LogP contribution in [0.2, 0.25) is 0 Å². The van der Waals surface area contributed by atoms with E-state index in [1.807, 2.05) is 0 Å². The van der Waals surface area contributed by atoms with Crippen molar-refractivity contribution >= 4 is 17.9 Å². The highest BCUT2D eigenvalue weighted by molar-refractivity contribution is 5.88. The number of anilines is 1. The molecule has 2 amide bonds. The maximum Gasteiger partial charge on any atom is 0.321 e. The second-order valence-corrected chi connectivity index (χ2v) is 4.10. The number of carboxylic acids is 1. The van der Waals surface area contributed by atoms with Crippen molar-refractivity contribution in [1.29, 1.82) is 0 Å². The Kier molecular flexibility index (Phi) is 2.70. The average molecular weight is 239 g/mol. The summed E-state index contributed by atoms with van der Waals surface area (Å²) in [5.41, 5.74) is -0.767. The zero-order valence-electron chi connectivity index (χ0n) is 9.30. The molecule has 8 heteroatoms. The first-order chi connectivity index (χ1) is 8.03. The second kappa shape index (κ2) is 4.04. The number of urea groups is 1. The van der Waals surface area contributed by atoms with E-state index in [0.29, 0.717) is 18.8 Å². The van der Waals surface area contributed by atoms with Crippen LogP contribution in [-0.2, 0) is 11.8 Å². The number of aliphatic carboxylic acids is 1. The van der Waals surface area contributed by atoms with Crippen LogP contribution in [0.1, 0.15) is 12.8 Å². The predicted octanol–water partition coefficient (Wildman–Crippen LogP) is -0.199. The van der Waals surface area contributed by atoms with E-state index in [9.17, 15) is 9.59 Å². The molecule has 3 N–H and O–H groups in total. The molecule has 0 atom stereocenters. The van der Waals surface area contributed by atoms with Crippen molar-refractivity contribution < 1.29 is 14.7 Å². The lowest BCUT2D eigenvalue weighted by Crippen LogP contribution is -2.37. The Morgan fingerprint density at radius 3 is 2.76 bits per heavy atom. The lowest BCUT2D eigenvalue weighted by molar-refractivity contribution is -0.143. The molecular weight excluding hydrogens is 226 g/mol. The maximum atomic E-state index is 11.5. The number of carboxylic acid groups (broad SMARTS) is 1. The largest absolute Gasteiger partial charge is 0.481 e. The first-order valence-corrected chi connectivity index (χ1v) is 5.16. The topological polar surface area (TPSA) is 109 Å². The fourth-order valence-electron chi connectivity index (χ4n) is 1.42. The maximum absolute atomic E-state index is 11.5. The molecule has 0 saturated heterocycles. The molecule has 0 aromatic carbocycles. The van der Waals surface area contributed by atoms with Crippen molar-refractivity contribution in [2.75, 3.05) is 11.9 Å². The summed E-state index contributed by atoms with van der Waals surface area (Å²) >= 11 is 0. The molecule has 2 rings (SSSR count). The van der Waals surface area contributed by atoms with Crippen LogP contribution in [0.3, 0.4) is 0 Å². The zero-order chi connectivity index (χ0) is 12.5. The monoisotopic (exact) mass is 239 g/mol. The molecule has 1 fully saturated rings. The SMILES string of the molecule is Cn1ncnc1NC(=O)NCC1(C(=O)O)CC1. The Morgan fingerprint density at radius 1 is 1.59 bits per heavy atom. The summed E-state index contributed by atoms with van der Waals surface area (Å²) < 4.78 is 1.41. The molecule has 1 aromatic heterocycles. The lowest BCUT2D eigenvalue weighted by atomic mass is 10.1. The van der Waals surface area contributed by atoms with Crippen LogP contribution < -0.4 is 10.6 Å². The summed E-state index contributed by atoms with van der Waals surface area (Å²) in [4.78, 5) is 26.1. The molecule has 0 radical (unpaired) electrons. The van der Waals surface area contributed by atoms with Crippen LogP contribution in [-0.4, -0.2) is 38.4 Å². The Morgan fingerprint density at radius 2 is 2.29 bits per heavy atom. The number of rotatable bonds is 4. The third kappa shape index (κ3) is 2.35. The molecule has 92 valence electrons. The molecule has 0 aliphatic heterocycles. The fourth-order valence-corrected chi connectivity index (χ4v) is 1.42. The van der Waals surface area contributed by atoms with Crippen LogP contribution in [0.15, 0.2) is 6.33 Å². The summed E-state index contributed by atoms with van der Waals surface area (Å²) in [6.45, 7) is 0.131. The summed E-state index contributed by atoms with van der Waals surface area (Å²) in [5, 5.41) is 17.7. The van der Waals surface area contributed by atoms with Crippen LogP contribution in [0.25, 0.3) is 0 Å². The standard InChI is InChI=1S/C9H13N5O3/c1-14-7(11-5-12-14)13-8(17)10-4-9(2-3-9)6(15)16/h5H,2-4H2,1H3,(H,15,16)(H2,10,11,12,13,17). The molecule has 1 aromatic rings. The number of hydrogen-bond acceptors (Lipinski definition) is 4. The molecule has 1 aliphatic rings. The Hall–Kier alpha value is -2.12. The Bertz CT molecular complexity index is 451. The Labute approximate surface area is 97.0 Å². The van der Waals surface area contributed by atoms with Crippen LogP contribution >= 0.6 is 0 Å². The zero-order valence-corrected chi connectivity index (χ0v) is 9.30. The van der Waals surface area contributed by atoms with E-state index in [0.717, 1.165) is 0 Å². The van der Waals surface area contributed by atoms with Gasteiger partial charge in [0.05, 0.1) is 5.41 Å². The van der Waals surface area contributed by atoms with Crippen molar-refractivity contribution in [3.05, 3.63) is 6.33 Å². The summed E-state index contributed by atoms with van der Waals surface area (Å²) in [6.07, 6.45) is 2.52. The van der Waals surface area contributed by atoms with Gasteiger partial charge in [-0.25, -0.2) is 9.48 Å². The number of amides is 2. The number of carbonyl (C=O) groups is 2. The van der Waals surface area contributed by atoms with Gasteiger partial charge < -0.3 is 10.4 Å². The third-order valence-electron chi connectivity index (χ3n) is 2.83. The average Bonchev–Trinajstić information content (AvgIpc) is 2.97. The quantitative estimate of drug-likeness (QED) is 0.674. The van der Waals surface area contributed by atoms with Gasteiger partial charge in [0, 0.05) is 13.6 Å². The molecule has 0 bridgehead atoms. The minimum Gasteiger partial charge on any atom is -0.481 e. The van der Waals surface area contributed by atoms with Gasteiger partial charge in [0.25, 0.3) is 0 Å². The minimum absolute atomic E-state index is 0.131. The smallest absolute Gasteiger partial charge is 0.321 e. The molecule has 0 unspecified atom stereocenters. The van der Waals surface area contributed by atoms with E-state index in [1.54, 1.807) is 7.05 Å². The number of nitrogens with zero attached hydrogens (tertiary/aromatic N) is 3. The number of aryl methyl sites for hydroxylation is 1. The van der Waals surface area contributed by atoms with Gasteiger partial charge in [-0.3, -0.25) is 10.1 Å². The molecule has 1 saturated carbocycles. The lowest BCUT2D eigenvalue weighted by Gasteiger charge is -2.11. The number of hydrogen-bond donors (Lipinski definition) is 3. The highest BCUT2D eigenvalue weighted by Crippen LogP contribution is 2.45. The second-order valence-electron chi connectivity index (χ2n) is 4.10. The summed E-state index contributed by atoms with van der Waals surface area (Å²) in [6, 6.07) is -0.478. The van der Waals surface area contributed by atoms with Crippen LogP contribution in [0.5, 0.6) is 0 Å². The van der Waals surface area contributed by atoms with Gasteiger partial charge in [0.2, 0.25) is 5.95 Å². The molecule has 8 nitrogen and oxygen atoms in total. The number of nitrogens with one attached hydrogen (secondary N) is 2. The highest BCUT2D eigenvalue weighted by atomic mass is 16.4. The van der Waals surface area contributed by atoms with Gasteiger partial charge in [0.1, 0.15) is 6.33 Å². The van der Waals surface area contributed by atoms with Crippen molar-refractivity contribution in [2.45, 2.75) is 12.8 Å². The van der Waals surface area contributed by atoms with E-state index in [-0.39, 0.29) is 6.54 Å². The molecule has 0 spiro atoms. The Balaban J connectivity index is 1.83. The minimum atomic E-state index is -0.864. The van der Waals surface area contributed by atoms with E-state index < -0.39 is 17.4 Å². The van der Waals surface area contributed by atoms with Gasteiger partial charge >= 0.3 is 12.0 Å². The van der Waals surface area contributed by atoms with Gasteiger partial charge in [0.15, 0.2) is 0 Å². The van der Waals surface area contributed by atoms with E-state index in [2.05, 4.69) is 20.7 Å². The molecule has 1 aliphatic carbocycles. The number of aromatic nitrogens is 3. The van der Waals surface area contributed by atoms with Gasteiger partial charge in [-0.1, -0.05) is 0 Å². The molecule has 1 heterocycles. The van der Waals surface area contributed by atoms with E-state index >= 15 is 0 Å². The van der Waals surface area contributed by atoms with Crippen molar-refractivity contribution in [3.63, 3.8) is 0 Å². The highest BCUT2D eigenvalue weighted by Gasteiger charge is 2.50. The predicted molar refractivity (Wildman–Crippen MR) is 57.3 cm³/mol. The summed E-state index contributed by atoms with van der Waals surface area (Å²) in [5.74, 6) is -0.556. The normalized spacial score (nSPS) is 16.3. The van der Waals surface area contributed by atoms with Crippen molar-refractivity contribution in [3.8, 4) is 0 Å². The first kappa shape index (κ1) is 11.4. The third-order valence-corrected chi connectivity index (χ3v) is 2.83. The summed E-state index contributed by atoms with van der Waals surface area (Å²) in [7, 11) is 1.64. The van der Waals surface area contributed by atoms with Gasteiger partial charge in [-0.15, -0.1) is 0 Å². The van der Waals surface area contributed by atoms with Gasteiger partial charge in [-0.2, -0.15) is 10.1 Å². The van der Waals surface area contributed by atoms with Crippen LogP contribution in [0, 0.1) is 5.41 Å². The molecule has 17 heavy (non-hydrogen) atoms. The first-order valence-electron chi connectivity index (χ1n) is 5.16.